The van der Waals surface area contributed by atoms with Gasteiger partial charge in [-0.2, -0.15) is 4.98 Å². The molecule has 3 aromatic rings. The Hall–Kier alpha value is -3.49. The van der Waals surface area contributed by atoms with Gasteiger partial charge in [-0.15, -0.1) is 0 Å². The Balaban J connectivity index is 1.51. The normalized spacial score (nSPS) is 15.5. The maximum absolute atomic E-state index is 14.4. The van der Waals surface area contributed by atoms with Crippen LogP contribution in [0.5, 0.6) is 17.4 Å². The fourth-order valence-electron chi connectivity index (χ4n) is 3.36. The third kappa shape index (κ3) is 4.35. The van der Waals surface area contributed by atoms with Crippen LogP contribution in [0.4, 0.5) is 19.0 Å². The largest absolute Gasteiger partial charge is 0.473 e. The Kier molecular flexibility index (Phi) is 5.58. The molecule has 0 saturated heterocycles. The molecule has 0 bridgehead atoms. The second-order valence-corrected chi connectivity index (χ2v) is 7.37. The van der Waals surface area contributed by atoms with Crippen molar-refractivity contribution >= 4 is 5.82 Å². The molecule has 1 atom stereocenters. The second-order valence-electron chi connectivity index (χ2n) is 7.37. The van der Waals surface area contributed by atoms with E-state index in [1.54, 1.807) is 10.6 Å². The molecule has 0 amide bonds. The van der Waals surface area contributed by atoms with Crippen LogP contribution in [0.25, 0.3) is 0 Å². The summed E-state index contributed by atoms with van der Waals surface area (Å²) in [6, 6.07) is 8.82. The highest BCUT2D eigenvalue weighted by Crippen LogP contribution is 2.29. The summed E-state index contributed by atoms with van der Waals surface area (Å²) in [5.74, 6) is -2.11. The molecule has 0 saturated carbocycles. The van der Waals surface area contributed by atoms with Gasteiger partial charge < -0.3 is 14.4 Å². The average molecular weight is 431 g/mol. The number of hydrogen-bond donors (Lipinski definition) is 0. The molecule has 0 N–H and O–H groups in total. The zero-order valence-electron chi connectivity index (χ0n) is 16.9. The van der Waals surface area contributed by atoms with E-state index in [-0.39, 0.29) is 29.8 Å². The Morgan fingerprint density at radius 3 is 2.45 bits per heavy atom. The third-order valence-corrected chi connectivity index (χ3v) is 5.24. The van der Waals surface area contributed by atoms with Gasteiger partial charge in [-0.25, -0.2) is 18.0 Å². The van der Waals surface area contributed by atoms with Crippen LogP contribution in [-0.4, -0.2) is 22.6 Å². The fraction of sp³-hybridized carbons (Fsp3) is 0.273. The van der Waals surface area contributed by atoms with Crippen LogP contribution < -0.4 is 20.1 Å². The Morgan fingerprint density at radius 1 is 1.10 bits per heavy atom. The van der Waals surface area contributed by atoms with Gasteiger partial charge in [-0.05, 0) is 55.3 Å². The SMILES string of the molecule is CC1CCn2c(cc(OCc3cc(F)c(Oc4ccc(F)cc4)c(F)c3)nc2=O)N1C. The van der Waals surface area contributed by atoms with Gasteiger partial charge >= 0.3 is 5.69 Å². The van der Waals surface area contributed by atoms with Crippen molar-refractivity contribution in [3.8, 4) is 17.4 Å². The predicted octanol–water partition coefficient (Wildman–Crippen LogP) is 4.26. The summed E-state index contributed by atoms with van der Waals surface area (Å²) < 4.78 is 54.1. The minimum Gasteiger partial charge on any atom is -0.473 e. The van der Waals surface area contributed by atoms with Gasteiger partial charge in [0.05, 0.1) is 0 Å². The van der Waals surface area contributed by atoms with Crippen molar-refractivity contribution in [3.05, 3.63) is 76.0 Å². The van der Waals surface area contributed by atoms with E-state index in [1.165, 1.54) is 12.1 Å². The lowest BCUT2D eigenvalue weighted by Crippen LogP contribution is -2.41. The van der Waals surface area contributed by atoms with Gasteiger partial charge in [0.25, 0.3) is 0 Å². The molecule has 0 radical (unpaired) electrons. The van der Waals surface area contributed by atoms with Gasteiger partial charge in [0.1, 0.15) is 24.0 Å². The van der Waals surface area contributed by atoms with Gasteiger partial charge in [-0.1, -0.05) is 0 Å². The van der Waals surface area contributed by atoms with Crippen molar-refractivity contribution in [3.63, 3.8) is 0 Å². The molecule has 9 heteroatoms. The monoisotopic (exact) mass is 431 g/mol. The van der Waals surface area contributed by atoms with E-state index in [0.717, 1.165) is 30.7 Å². The molecule has 1 unspecified atom stereocenters. The smallest absolute Gasteiger partial charge is 0.352 e. The lowest BCUT2D eigenvalue weighted by molar-refractivity contribution is 0.287. The number of benzene rings is 2. The summed E-state index contributed by atoms with van der Waals surface area (Å²) in [4.78, 5) is 18.1. The molecule has 4 rings (SSSR count). The maximum atomic E-state index is 14.4. The third-order valence-electron chi connectivity index (χ3n) is 5.24. The molecule has 2 heterocycles. The summed E-state index contributed by atoms with van der Waals surface area (Å²) in [5.41, 5.74) is -0.241. The van der Waals surface area contributed by atoms with Crippen molar-refractivity contribution in [1.82, 2.24) is 9.55 Å². The molecular formula is C22H20F3N3O3. The number of nitrogens with zero attached hydrogens (tertiary/aromatic N) is 3. The standard InChI is InChI=1S/C22H20F3N3O3/c1-13-7-8-28-20(27(13)2)11-19(26-22(28)29)30-12-14-9-17(24)21(18(25)10-14)31-16-5-3-15(23)4-6-16/h3-6,9-11,13H,7-8,12H2,1-2H3. The Bertz CT molecular complexity index is 1140. The molecule has 2 aromatic carbocycles. The zero-order valence-corrected chi connectivity index (χ0v) is 16.9. The predicted molar refractivity (Wildman–Crippen MR) is 108 cm³/mol. The molecule has 1 aliphatic heterocycles. The molecule has 6 nitrogen and oxygen atoms in total. The minimum absolute atomic E-state index is 0.0738. The van der Waals surface area contributed by atoms with Gasteiger partial charge in [0.2, 0.25) is 5.88 Å². The first-order valence-corrected chi connectivity index (χ1v) is 9.70. The molecule has 1 aromatic heterocycles. The molecule has 0 aliphatic carbocycles. The first-order chi connectivity index (χ1) is 14.8. The highest BCUT2D eigenvalue weighted by atomic mass is 19.1. The number of hydrogen-bond acceptors (Lipinski definition) is 5. The van der Waals surface area contributed by atoms with E-state index >= 15 is 0 Å². The Morgan fingerprint density at radius 2 is 1.77 bits per heavy atom. The lowest BCUT2D eigenvalue weighted by Gasteiger charge is -2.34. The highest BCUT2D eigenvalue weighted by Gasteiger charge is 2.22. The second kappa shape index (κ2) is 8.33. The van der Waals surface area contributed by atoms with Crippen LogP contribution in [-0.2, 0) is 13.2 Å². The zero-order chi connectivity index (χ0) is 22.1. The van der Waals surface area contributed by atoms with Crippen molar-refractivity contribution in [1.29, 1.82) is 0 Å². The first kappa shape index (κ1) is 20.8. The van der Waals surface area contributed by atoms with Crippen LogP contribution in [0.15, 0.2) is 47.3 Å². The maximum Gasteiger partial charge on any atom is 0.352 e. The number of anilines is 1. The van der Waals surface area contributed by atoms with Crippen molar-refractivity contribution in [2.45, 2.75) is 32.5 Å². The molecule has 0 fully saturated rings. The van der Waals surface area contributed by atoms with E-state index in [9.17, 15) is 18.0 Å². The van der Waals surface area contributed by atoms with Gasteiger partial charge in [-0.3, -0.25) is 4.57 Å². The topological polar surface area (TPSA) is 56.6 Å². The number of halogens is 3. The summed E-state index contributed by atoms with van der Waals surface area (Å²) in [6.45, 7) is 2.43. The molecule has 162 valence electrons. The number of rotatable bonds is 5. The molecular weight excluding hydrogens is 411 g/mol. The van der Waals surface area contributed by atoms with E-state index in [0.29, 0.717) is 12.4 Å². The number of fused-ring (bicyclic) bond motifs is 1. The molecule has 31 heavy (non-hydrogen) atoms. The number of aromatic nitrogens is 2. The van der Waals surface area contributed by atoms with Crippen molar-refractivity contribution < 1.29 is 22.6 Å². The van der Waals surface area contributed by atoms with E-state index < -0.39 is 28.9 Å². The van der Waals surface area contributed by atoms with Gasteiger partial charge in [0, 0.05) is 25.7 Å². The van der Waals surface area contributed by atoms with Crippen LogP contribution in [0.3, 0.4) is 0 Å². The summed E-state index contributed by atoms with van der Waals surface area (Å²) in [7, 11) is 1.88. The molecule has 1 aliphatic rings. The van der Waals surface area contributed by atoms with Crippen LogP contribution >= 0.6 is 0 Å². The van der Waals surface area contributed by atoms with E-state index in [1.807, 2.05) is 11.9 Å². The number of ether oxygens (including phenoxy) is 2. The van der Waals surface area contributed by atoms with Crippen LogP contribution in [0.1, 0.15) is 18.9 Å². The molecule has 0 spiro atoms. The van der Waals surface area contributed by atoms with E-state index in [2.05, 4.69) is 11.9 Å². The highest BCUT2D eigenvalue weighted by molar-refractivity contribution is 5.44. The van der Waals surface area contributed by atoms with Crippen molar-refractivity contribution in [2.24, 2.45) is 0 Å². The summed E-state index contributed by atoms with van der Waals surface area (Å²) >= 11 is 0. The quantitative estimate of drug-likeness (QED) is 0.604. The summed E-state index contributed by atoms with van der Waals surface area (Å²) in [5, 5.41) is 0. The van der Waals surface area contributed by atoms with Crippen LogP contribution in [0.2, 0.25) is 0 Å². The average Bonchev–Trinajstić information content (AvgIpc) is 2.73. The van der Waals surface area contributed by atoms with Crippen LogP contribution in [0, 0.1) is 17.5 Å². The summed E-state index contributed by atoms with van der Waals surface area (Å²) in [6.07, 6.45) is 0.830. The van der Waals surface area contributed by atoms with Gasteiger partial charge in [0.15, 0.2) is 17.4 Å². The lowest BCUT2D eigenvalue weighted by atomic mass is 10.1. The minimum atomic E-state index is -0.935. The van der Waals surface area contributed by atoms with E-state index in [4.69, 9.17) is 9.47 Å². The Labute approximate surface area is 176 Å². The fourth-order valence-corrected chi connectivity index (χ4v) is 3.36. The van der Waals surface area contributed by atoms with Crippen molar-refractivity contribution in [2.75, 3.05) is 11.9 Å². The first-order valence-electron chi connectivity index (χ1n) is 9.70.